The lowest BCUT2D eigenvalue weighted by molar-refractivity contribution is -0.152. The summed E-state index contributed by atoms with van der Waals surface area (Å²) in [4.78, 5) is 23.3. The minimum absolute atomic E-state index is 0.0938. The van der Waals surface area contributed by atoms with Crippen LogP contribution in [0.25, 0.3) is 0 Å². The standard InChI is InChI=1S/C13H23NO4/c1-8-6-7-9(18-8)10(15)14-13(4,5)12(2,3)11(16)17/h8-9H,6-7H2,1-5H3,(H,14,15)(H,16,17). The zero-order chi connectivity index (χ0) is 14.1. The van der Waals surface area contributed by atoms with Gasteiger partial charge in [0.15, 0.2) is 0 Å². The number of carboxylic acid groups (broad SMARTS) is 1. The van der Waals surface area contributed by atoms with Gasteiger partial charge in [0.05, 0.1) is 17.1 Å². The monoisotopic (exact) mass is 257 g/mol. The largest absolute Gasteiger partial charge is 0.481 e. The second-order valence-corrected chi connectivity index (χ2v) is 6.06. The minimum atomic E-state index is -1.05. The summed E-state index contributed by atoms with van der Waals surface area (Å²) in [7, 11) is 0. The van der Waals surface area contributed by atoms with Crippen LogP contribution in [-0.4, -0.2) is 34.7 Å². The van der Waals surface area contributed by atoms with Gasteiger partial charge >= 0.3 is 5.97 Å². The van der Waals surface area contributed by atoms with Crippen LogP contribution in [0.4, 0.5) is 0 Å². The Morgan fingerprint density at radius 2 is 1.78 bits per heavy atom. The summed E-state index contributed by atoms with van der Waals surface area (Å²) < 4.78 is 5.48. The molecule has 0 saturated carbocycles. The first kappa shape index (κ1) is 15.0. The van der Waals surface area contributed by atoms with E-state index in [-0.39, 0.29) is 12.0 Å². The van der Waals surface area contributed by atoms with Crippen molar-refractivity contribution in [2.75, 3.05) is 0 Å². The molecule has 1 heterocycles. The molecule has 1 saturated heterocycles. The van der Waals surface area contributed by atoms with Crippen LogP contribution in [0.1, 0.15) is 47.5 Å². The topological polar surface area (TPSA) is 75.6 Å². The highest BCUT2D eigenvalue weighted by Gasteiger charge is 2.45. The predicted molar refractivity (Wildman–Crippen MR) is 67.2 cm³/mol. The second kappa shape index (κ2) is 4.88. The van der Waals surface area contributed by atoms with E-state index in [1.165, 1.54) is 0 Å². The number of nitrogens with one attached hydrogen (secondary N) is 1. The van der Waals surface area contributed by atoms with Crippen molar-refractivity contribution < 1.29 is 19.4 Å². The fourth-order valence-electron chi connectivity index (χ4n) is 1.81. The molecule has 0 aliphatic carbocycles. The van der Waals surface area contributed by atoms with Gasteiger partial charge in [-0.2, -0.15) is 0 Å². The molecule has 104 valence electrons. The Morgan fingerprint density at radius 1 is 1.22 bits per heavy atom. The molecule has 2 atom stereocenters. The summed E-state index contributed by atoms with van der Waals surface area (Å²) in [5, 5.41) is 12.0. The van der Waals surface area contributed by atoms with Gasteiger partial charge in [-0.05, 0) is 47.5 Å². The Bertz CT molecular complexity index is 349. The van der Waals surface area contributed by atoms with Crippen molar-refractivity contribution in [1.82, 2.24) is 5.32 Å². The fourth-order valence-corrected chi connectivity index (χ4v) is 1.81. The summed E-state index contributed by atoms with van der Waals surface area (Å²) in [5.41, 5.74) is -1.89. The quantitative estimate of drug-likeness (QED) is 0.801. The predicted octanol–water partition coefficient (Wildman–Crippen LogP) is 1.56. The van der Waals surface area contributed by atoms with Gasteiger partial charge in [-0.15, -0.1) is 0 Å². The number of hydrogen-bond donors (Lipinski definition) is 2. The molecule has 0 aromatic rings. The van der Waals surface area contributed by atoms with Gasteiger partial charge in [-0.1, -0.05) is 0 Å². The SMILES string of the molecule is CC1CCC(C(=O)NC(C)(C)C(C)(C)C(=O)O)O1. The Balaban J connectivity index is 2.71. The smallest absolute Gasteiger partial charge is 0.311 e. The van der Waals surface area contributed by atoms with Crippen LogP contribution in [0.15, 0.2) is 0 Å². The molecule has 5 heteroatoms. The average Bonchev–Trinajstić information content (AvgIpc) is 2.63. The number of ether oxygens (including phenoxy) is 1. The maximum atomic E-state index is 12.0. The van der Waals surface area contributed by atoms with Gasteiger partial charge in [-0.25, -0.2) is 0 Å². The summed E-state index contributed by atoms with van der Waals surface area (Å²) in [5.74, 6) is -1.16. The van der Waals surface area contributed by atoms with Gasteiger partial charge in [0.1, 0.15) is 6.10 Å². The Hall–Kier alpha value is -1.10. The van der Waals surface area contributed by atoms with E-state index in [9.17, 15) is 14.7 Å². The van der Waals surface area contributed by atoms with E-state index >= 15 is 0 Å². The van der Waals surface area contributed by atoms with Gasteiger partial charge in [0.2, 0.25) is 5.91 Å². The van der Waals surface area contributed by atoms with Crippen molar-refractivity contribution in [3.05, 3.63) is 0 Å². The van der Waals surface area contributed by atoms with E-state index in [2.05, 4.69) is 5.32 Å². The number of aliphatic carboxylic acids is 1. The molecule has 0 radical (unpaired) electrons. The third-order valence-electron chi connectivity index (χ3n) is 4.06. The van der Waals surface area contributed by atoms with Crippen molar-refractivity contribution in [1.29, 1.82) is 0 Å². The van der Waals surface area contributed by atoms with Crippen LogP contribution < -0.4 is 5.32 Å². The number of amides is 1. The number of hydrogen-bond acceptors (Lipinski definition) is 3. The maximum Gasteiger partial charge on any atom is 0.311 e. The van der Waals surface area contributed by atoms with E-state index in [4.69, 9.17) is 4.74 Å². The van der Waals surface area contributed by atoms with Crippen LogP contribution >= 0.6 is 0 Å². The minimum Gasteiger partial charge on any atom is -0.481 e. The molecule has 1 rings (SSSR count). The third-order valence-corrected chi connectivity index (χ3v) is 4.06. The lowest BCUT2D eigenvalue weighted by Gasteiger charge is -2.39. The van der Waals surface area contributed by atoms with Crippen LogP contribution in [0, 0.1) is 5.41 Å². The molecule has 0 aromatic carbocycles. The summed E-state index contributed by atoms with van der Waals surface area (Å²) in [6.07, 6.45) is 1.19. The van der Waals surface area contributed by atoms with Crippen LogP contribution in [0.2, 0.25) is 0 Å². The molecule has 0 aromatic heterocycles. The normalized spacial score (nSPS) is 24.9. The number of carbonyl (C=O) groups is 2. The molecule has 1 amide bonds. The first-order chi connectivity index (χ1) is 8.08. The molecule has 0 bridgehead atoms. The zero-order valence-electron chi connectivity index (χ0n) is 11.7. The van der Waals surface area contributed by atoms with Gasteiger partial charge in [-0.3, -0.25) is 9.59 Å². The number of rotatable bonds is 4. The zero-order valence-corrected chi connectivity index (χ0v) is 11.7. The van der Waals surface area contributed by atoms with E-state index in [0.717, 1.165) is 6.42 Å². The molecule has 5 nitrogen and oxygen atoms in total. The molecule has 2 N–H and O–H groups in total. The first-order valence-corrected chi connectivity index (χ1v) is 6.29. The lowest BCUT2D eigenvalue weighted by Crippen LogP contribution is -2.58. The van der Waals surface area contributed by atoms with Crippen LogP contribution in [0.5, 0.6) is 0 Å². The molecular formula is C13H23NO4. The fraction of sp³-hybridized carbons (Fsp3) is 0.846. The number of carboxylic acids is 1. The Kier molecular flexibility index (Phi) is 4.05. The summed E-state index contributed by atoms with van der Waals surface area (Å²) in [6, 6.07) is 0. The molecule has 0 spiro atoms. The highest BCUT2D eigenvalue weighted by molar-refractivity contribution is 5.83. The van der Waals surface area contributed by atoms with Crippen molar-refractivity contribution >= 4 is 11.9 Å². The Morgan fingerprint density at radius 3 is 2.17 bits per heavy atom. The maximum absolute atomic E-state index is 12.0. The molecule has 1 aliphatic rings. The molecule has 2 unspecified atom stereocenters. The highest BCUT2D eigenvalue weighted by Crippen LogP contribution is 2.31. The first-order valence-electron chi connectivity index (χ1n) is 6.29. The van der Waals surface area contributed by atoms with Crippen molar-refractivity contribution in [3.8, 4) is 0 Å². The van der Waals surface area contributed by atoms with Crippen molar-refractivity contribution in [2.45, 2.75) is 65.2 Å². The number of carbonyl (C=O) groups excluding carboxylic acids is 1. The lowest BCUT2D eigenvalue weighted by atomic mass is 9.74. The Labute approximate surface area is 108 Å². The van der Waals surface area contributed by atoms with Crippen LogP contribution in [-0.2, 0) is 14.3 Å². The van der Waals surface area contributed by atoms with E-state index in [1.807, 2.05) is 6.92 Å². The van der Waals surface area contributed by atoms with Crippen LogP contribution in [0.3, 0.4) is 0 Å². The van der Waals surface area contributed by atoms with Crippen molar-refractivity contribution in [2.24, 2.45) is 5.41 Å². The van der Waals surface area contributed by atoms with E-state index < -0.39 is 23.0 Å². The van der Waals surface area contributed by atoms with E-state index in [1.54, 1.807) is 27.7 Å². The van der Waals surface area contributed by atoms with Crippen molar-refractivity contribution in [3.63, 3.8) is 0 Å². The molecule has 18 heavy (non-hydrogen) atoms. The molecular weight excluding hydrogens is 234 g/mol. The van der Waals surface area contributed by atoms with Gasteiger partial charge in [0, 0.05) is 0 Å². The molecule has 1 fully saturated rings. The van der Waals surface area contributed by atoms with E-state index in [0.29, 0.717) is 6.42 Å². The average molecular weight is 257 g/mol. The third kappa shape index (κ3) is 2.83. The summed E-state index contributed by atoms with van der Waals surface area (Å²) >= 11 is 0. The summed E-state index contributed by atoms with van der Waals surface area (Å²) in [6.45, 7) is 8.58. The van der Waals surface area contributed by atoms with Gasteiger partial charge in [0.25, 0.3) is 0 Å². The second-order valence-electron chi connectivity index (χ2n) is 6.06. The molecule has 1 aliphatic heterocycles. The highest BCUT2D eigenvalue weighted by atomic mass is 16.5. The van der Waals surface area contributed by atoms with Gasteiger partial charge < -0.3 is 15.2 Å².